The van der Waals surface area contributed by atoms with E-state index >= 15 is 0 Å². The maximum absolute atomic E-state index is 11.9. The third kappa shape index (κ3) is 6.44. The first-order valence-corrected chi connectivity index (χ1v) is 11.2. The third-order valence-electron chi connectivity index (χ3n) is 5.86. The van der Waals surface area contributed by atoms with E-state index in [0.717, 1.165) is 63.9 Å². The van der Waals surface area contributed by atoms with Crippen molar-refractivity contribution in [3.63, 3.8) is 0 Å². The van der Waals surface area contributed by atoms with E-state index in [-0.39, 0.29) is 11.4 Å². The Morgan fingerprint density at radius 3 is 2.63 bits per heavy atom. The summed E-state index contributed by atoms with van der Waals surface area (Å²) in [4.78, 5) is 21.1. The molecule has 1 amide bonds. The Hall–Kier alpha value is -2.12. The Morgan fingerprint density at radius 1 is 1.17 bits per heavy atom. The summed E-state index contributed by atoms with van der Waals surface area (Å²) >= 11 is 0. The second kappa shape index (κ2) is 10.8. The van der Waals surface area contributed by atoms with Crippen LogP contribution < -0.4 is 10.6 Å². The molecule has 2 N–H and O–H groups in total. The lowest BCUT2D eigenvalue weighted by molar-refractivity contribution is -0.128. The highest BCUT2D eigenvalue weighted by atomic mass is 16.5. The monoisotopic (exact) mass is 415 g/mol. The lowest BCUT2D eigenvalue weighted by Gasteiger charge is -2.41. The molecule has 0 radical (unpaired) electrons. The molecule has 0 spiro atoms. The van der Waals surface area contributed by atoms with Crippen molar-refractivity contribution in [2.45, 2.75) is 52.2 Å². The van der Waals surface area contributed by atoms with Gasteiger partial charge in [0.1, 0.15) is 0 Å². The molecule has 2 aliphatic rings. The van der Waals surface area contributed by atoms with Gasteiger partial charge in [0.25, 0.3) is 0 Å². The van der Waals surface area contributed by atoms with E-state index in [0.29, 0.717) is 19.5 Å². The van der Waals surface area contributed by atoms with E-state index < -0.39 is 0 Å². The molecule has 166 valence electrons. The van der Waals surface area contributed by atoms with Gasteiger partial charge in [0.15, 0.2) is 5.96 Å². The smallest absolute Gasteiger partial charge is 0.222 e. The molecule has 2 fully saturated rings. The highest BCUT2D eigenvalue weighted by Crippen LogP contribution is 2.16. The maximum Gasteiger partial charge on any atom is 0.222 e. The van der Waals surface area contributed by atoms with Gasteiger partial charge in [-0.2, -0.15) is 0 Å². The summed E-state index contributed by atoms with van der Waals surface area (Å²) in [6, 6.07) is 8.41. The van der Waals surface area contributed by atoms with Crippen LogP contribution in [0.2, 0.25) is 0 Å². The summed E-state index contributed by atoms with van der Waals surface area (Å²) in [5.74, 6) is 1.10. The first-order chi connectivity index (χ1) is 14.5. The number of likely N-dealkylation sites (tertiary alicyclic amines) is 1. The number of guanidine groups is 1. The number of amides is 1. The predicted molar refractivity (Wildman–Crippen MR) is 120 cm³/mol. The first-order valence-electron chi connectivity index (χ1n) is 11.2. The molecule has 0 unspecified atom stereocenters. The molecule has 0 atom stereocenters. The van der Waals surface area contributed by atoms with Gasteiger partial charge in [-0.1, -0.05) is 24.3 Å². The van der Waals surface area contributed by atoms with Crippen LogP contribution in [0.3, 0.4) is 0 Å². The maximum atomic E-state index is 11.9. The number of carbonyl (C=O) groups excluding carboxylic acids is 1. The van der Waals surface area contributed by atoms with Crippen molar-refractivity contribution in [1.29, 1.82) is 0 Å². The SMILES string of the molecule is CCNC(=NCc1cccc(CN2CCCC2=O)c1)NCC(C)(C)N1CCOCC1. The number of morpholine rings is 1. The Labute approximate surface area is 180 Å². The van der Waals surface area contributed by atoms with E-state index in [1.165, 1.54) is 5.56 Å². The molecule has 2 saturated heterocycles. The van der Waals surface area contributed by atoms with Crippen molar-refractivity contribution in [1.82, 2.24) is 20.4 Å². The lowest BCUT2D eigenvalue weighted by Crippen LogP contribution is -2.56. The summed E-state index contributed by atoms with van der Waals surface area (Å²) in [5.41, 5.74) is 2.36. The lowest BCUT2D eigenvalue weighted by atomic mass is 10.0. The van der Waals surface area contributed by atoms with Crippen LogP contribution in [-0.2, 0) is 22.6 Å². The Bertz CT molecular complexity index is 728. The van der Waals surface area contributed by atoms with E-state index in [1.54, 1.807) is 0 Å². The number of nitrogens with zero attached hydrogens (tertiary/aromatic N) is 3. The number of ether oxygens (including phenoxy) is 1. The number of rotatable bonds is 8. The molecule has 0 aromatic heterocycles. The zero-order valence-corrected chi connectivity index (χ0v) is 18.7. The Kier molecular flexibility index (Phi) is 8.10. The van der Waals surface area contributed by atoms with Gasteiger partial charge >= 0.3 is 0 Å². The predicted octanol–water partition coefficient (Wildman–Crippen LogP) is 1.97. The molecular formula is C23H37N5O2. The second-order valence-corrected chi connectivity index (χ2v) is 8.70. The van der Waals surface area contributed by atoms with Crippen LogP contribution in [0.1, 0.15) is 44.7 Å². The average Bonchev–Trinajstić information content (AvgIpc) is 3.15. The zero-order chi connectivity index (χ0) is 21.4. The van der Waals surface area contributed by atoms with E-state index in [4.69, 9.17) is 9.73 Å². The van der Waals surface area contributed by atoms with Crippen LogP contribution in [0.4, 0.5) is 0 Å². The zero-order valence-electron chi connectivity index (χ0n) is 18.7. The minimum absolute atomic E-state index is 0.0299. The van der Waals surface area contributed by atoms with Crippen LogP contribution in [-0.4, -0.2) is 73.1 Å². The van der Waals surface area contributed by atoms with Crippen LogP contribution >= 0.6 is 0 Å². The number of aliphatic imine (C=N–C) groups is 1. The molecule has 7 nitrogen and oxygen atoms in total. The van der Waals surface area contributed by atoms with Crippen LogP contribution in [0.15, 0.2) is 29.3 Å². The normalized spacial score (nSPS) is 18.7. The minimum Gasteiger partial charge on any atom is -0.379 e. The summed E-state index contributed by atoms with van der Waals surface area (Å²) in [6.07, 6.45) is 1.66. The molecule has 1 aromatic rings. The van der Waals surface area contributed by atoms with Crippen molar-refractivity contribution >= 4 is 11.9 Å². The molecule has 0 bridgehead atoms. The third-order valence-corrected chi connectivity index (χ3v) is 5.86. The van der Waals surface area contributed by atoms with Gasteiger partial charge in [0.2, 0.25) is 5.91 Å². The summed E-state index contributed by atoms with van der Waals surface area (Å²) in [5, 5.41) is 6.86. The molecule has 0 saturated carbocycles. The van der Waals surface area contributed by atoms with Gasteiger partial charge in [-0.05, 0) is 38.3 Å². The largest absolute Gasteiger partial charge is 0.379 e. The van der Waals surface area contributed by atoms with Gasteiger partial charge in [-0.15, -0.1) is 0 Å². The van der Waals surface area contributed by atoms with Crippen molar-refractivity contribution < 1.29 is 9.53 Å². The summed E-state index contributed by atoms with van der Waals surface area (Å²) in [6.45, 7) is 14.0. The molecule has 3 rings (SSSR count). The molecule has 0 aliphatic carbocycles. The van der Waals surface area contributed by atoms with Crippen molar-refractivity contribution in [2.75, 3.05) is 45.9 Å². The van der Waals surface area contributed by atoms with Crippen LogP contribution in [0.25, 0.3) is 0 Å². The molecule has 2 aliphatic heterocycles. The van der Waals surface area contributed by atoms with E-state index in [2.05, 4.69) is 60.6 Å². The number of hydrogen-bond donors (Lipinski definition) is 2. The Balaban J connectivity index is 1.57. The van der Waals surface area contributed by atoms with Crippen molar-refractivity contribution in [3.8, 4) is 0 Å². The second-order valence-electron chi connectivity index (χ2n) is 8.70. The summed E-state index contributed by atoms with van der Waals surface area (Å²) in [7, 11) is 0. The molecule has 2 heterocycles. The summed E-state index contributed by atoms with van der Waals surface area (Å²) < 4.78 is 5.48. The standard InChI is InChI=1S/C23H37N5O2/c1-4-24-22(26-18-23(2,3)28-11-13-30-14-12-28)25-16-19-7-5-8-20(15-19)17-27-10-6-9-21(27)29/h5,7-8,15H,4,6,9-14,16-18H2,1-3H3,(H2,24,25,26). The van der Waals surface area contributed by atoms with Gasteiger partial charge in [0, 0.05) is 51.2 Å². The molecule has 7 heteroatoms. The van der Waals surface area contributed by atoms with Crippen molar-refractivity contribution in [2.24, 2.45) is 4.99 Å². The van der Waals surface area contributed by atoms with Gasteiger partial charge < -0.3 is 20.3 Å². The topological polar surface area (TPSA) is 69.2 Å². The number of benzene rings is 1. The fourth-order valence-electron chi connectivity index (χ4n) is 4.01. The highest BCUT2D eigenvalue weighted by Gasteiger charge is 2.28. The van der Waals surface area contributed by atoms with Gasteiger partial charge in [0.05, 0.1) is 19.8 Å². The number of hydrogen-bond acceptors (Lipinski definition) is 4. The molecule has 1 aromatic carbocycles. The average molecular weight is 416 g/mol. The van der Waals surface area contributed by atoms with E-state index in [9.17, 15) is 4.79 Å². The first kappa shape index (κ1) is 22.6. The van der Waals surface area contributed by atoms with Crippen molar-refractivity contribution in [3.05, 3.63) is 35.4 Å². The number of nitrogens with one attached hydrogen (secondary N) is 2. The van der Waals surface area contributed by atoms with Gasteiger partial charge in [-0.25, -0.2) is 4.99 Å². The fraction of sp³-hybridized carbons (Fsp3) is 0.652. The van der Waals surface area contributed by atoms with Gasteiger partial charge in [-0.3, -0.25) is 9.69 Å². The van der Waals surface area contributed by atoms with Crippen LogP contribution in [0, 0.1) is 0 Å². The number of carbonyl (C=O) groups is 1. The Morgan fingerprint density at radius 2 is 1.93 bits per heavy atom. The quantitative estimate of drug-likeness (QED) is 0.502. The molecular weight excluding hydrogens is 378 g/mol. The van der Waals surface area contributed by atoms with Crippen LogP contribution in [0.5, 0.6) is 0 Å². The fourth-order valence-corrected chi connectivity index (χ4v) is 4.01. The minimum atomic E-state index is 0.0299. The molecule has 30 heavy (non-hydrogen) atoms. The van der Waals surface area contributed by atoms with E-state index in [1.807, 2.05) is 4.90 Å². The highest BCUT2D eigenvalue weighted by molar-refractivity contribution is 5.80.